The van der Waals surface area contributed by atoms with Gasteiger partial charge in [0.15, 0.2) is 11.5 Å². The molecule has 2 N–H and O–H groups in total. The van der Waals surface area contributed by atoms with E-state index in [0.29, 0.717) is 29.5 Å². The third kappa shape index (κ3) is 4.83. The van der Waals surface area contributed by atoms with Crippen LogP contribution in [0.25, 0.3) is 0 Å². The number of nitrogens with one attached hydrogen (secondary N) is 1. The summed E-state index contributed by atoms with van der Waals surface area (Å²) in [6.07, 6.45) is -0.772. The van der Waals surface area contributed by atoms with E-state index in [9.17, 15) is 14.7 Å². The predicted molar refractivity (Wildman–Crippen MR) is 111 cm³/mol. The van der Waals surface area contributed by atoms with Gasteiger partial charge in [-0.25, -0.2) is 0 Å². The number of nitrogens with zero attached hydrogens (tertiary/aromatic N) is 1. The van der Waals surface area contributed by atoms with Crippen LogP contribution in [0.1, 0.15) is 6.42 Å². The quantitative estimate of drug-likeness (QED) is 0.653. The molecule has 2 aliphatic heterocycles. The van der Waals surface area contributed by atoms with Crippen LogP contribution in [0.2, 0.25) is 0 Å². The van der Waals surface area contributed by atoms with E-state index >= 15 is 0 Å². The Morgan fingerprint density at radius 2 is 1.94 bits per heavy atom. The van der Waals surface area contributed by atoms with E-state index in [1.807, 2.05) is 0 Å². The average molecular weight is 428 g/mol. The number of hydrogen-bond acceptors (Lipinski definition) is 7. The molecule has 0 saturated carbocycles. The molecule has 4 rings (SSSR count). The summed E-state index contributed by atoms with van der Waals surface area (Å²) >= 11 is 0. The summed E-state index contributed by atoms with van der Waals surface area (Å²) in [6, 6.07) is 12.3. The van der Waals surface area contributed by atoms with E-state index in [-0.39, 0.29) is 38.2 Å². The van der Waals surface area contributed by atoms with Crippen molar-refractivity contribution in [1.29, 1.82) is 0 Å². The first-order chi connectivity index (χ1) is 15.0. The largest absolute Gasteiger partial charge is 0.497 e. The minimum atomic E-state index is -0.899. The maximum atomic E-state index is 12.5. The normalized spacial score (nSPS) is 18.1. The van der Waals surface area contributed by atoms with Crippen molar-refractivity contribution < 1.29 is 33.6 Å². The van der Waals surface area contributed by atoms with Crippen LogP contribution in [0, 0.1) is 5.92 Å². The number of carbonyl (C=O) groups is 2. The minimum Gasteiger partial charge on any atom is -0.497 e. The van der Waals surface area contributed by atoms with E-state index in [0.717, 1.165) is 5.69 Å². The van der Waals surface area contributed by atoms with Crippen molar-refractivity contribution >= 4 is 17.5 Å². The van der Waals surface area contributed by atoms with E-state index in [1.54, 1.807) is 54.5 Å². The van der Waals surface area contributed by atoms with Crippen molar-refractivity contribution in [3.63, 3.8) is 0 Å². The van der Waals surface area contributed by atoms with Crippen LogP contribution in [0.15, 0.2) is 42.5 Å². The zero-order chi connectivity index (χ0) is 21.8. The van der Waals surface area contributed by atoms with Gasteiger partial charge in [-0.2, -0.15) is 0 Å². The van der Waals surface area contributed by atoms with Gasteiger partial charge in [0, 0.05) is 31.3 Å². The maximum absolute atomic E-state index is 12.5. The van der Waals surface area contributed by atoms with Gasteiger partial charge in [0.1, 0.15) is 24.2 Å². The molecule has 2 heterocycles. The van der Waals surface area contributed by atoms with Gasteiger partial charge in [-0.05, 0) is 36.4 Å². The number of hydrogen-bond donors (Lipinski definition) is 2. The van der Waals surface area contributed by atoms with E-state index in [1.165, 1.54) is 0 Å². The summed E-state index contributed by atoms with van der Waals surface area (Å²) in [5.41, 5.74) is 0.721. The first kappa shape index (κ1) is 20.8. The van der Waals surface area contributed by atoms with Crippen LogP contribution < -0.4 is 29.2 Å². The van der Waals surface area contributed by atoms with Gasteiger partial charge in [-0.1, -0.05) is 0 Å². The summed E-state index contributed by atoms with van der Waals surface area (Å²) in [4.78, 5) is 26.4. The molecule has 164 valence electrons. The lowest BCUT2D eigenvalue weighted by Gasteiger charge is -2.18. The Hall–Kier alpha value is -3.46. The fourth-order valence-corrected chi connectivity index (χ4v) is 3.48. The molecule has 2 unspecified atom stereocenters. The van der Waals surface area contributed by atoms with Gasteiger partial charge in [0.05, 0.1) is 13.0 Å². The number of rotatable bonds is 8. The number of aliphatic hydroxyl groups excluding tert-OH is 1. The molecule has 2 amide bonds. The zero-order valence-electron chi connectivity index (χ0n) is 17.1. The molecule has 2 aromatic carbocycles. The molecular formula is C22H24N2O7. The number of benzene rings is 2. The molecule has 0 spiro atoms. The number of anilines is 1. The minimum absolute atomic E-state index is 0.00148. The van der Waals surface area contributed by atoms with Crippen molar-refractivity contribution in [1.82, 2.24) is 5.32 Å². The number of carbonyl (C=O) groups excluding carboxylic acids is 2. The topological polar surface area (TPSA) is 107 Å². The first-order valence-electron chi connectivity index (χ1n) is 9.96. The number of aliphatic hydroxyl groups is 1. The summed E-state index contributed by atoms with van der Waals surface area (Å²) in [6.45, 7) is 0.492. The molecule has 2 aliphatic rings. The Bertz CT molecular complexity index is 947. The van der Waals surface area contributed by atoms with Crippen molar-refractivity contribution in [2.24, 2.45) is 5.92 Å². The van der Waals surface area contributed by atoms with Gasteiger partial charge >= 0.3 is 0 Å². The fourth-order valence-electron chi connectivity index (χ4n) is 3.48. The van der Waals surface area contributed by atoms with E-state index < -0.39 is 12.0 Å². The Balaban J connectivity index is 1.23. The average Bonchev–Trinajstić information content (AvgIpc) is 3.42. The van der Waals surface area contributed by atoms with Crippen LogP contribution in [-0.4, -0.2) is 56.6 Å². The standard InChI is InChI=1S/C22H24N2O7/c1-28-17-4-2-15(3-5-17)24-11-14(8-21(24)26)22(27)23-10-16(25)12-29-18-6-7-19-20(9-18)31-13-30-19/h2-7,9,14,16,25H,8,10-13H2,1H3,(H,23,27). The highest BCUT2D eigenvalue weighted by molar-refractivity contribution is 6.00. The van der Waals surface area contributed by atoms with Crippen LogP contribution in [0.5, 0.6) is 23.0 Å². The molecule has 0 aromatic heterocycles. The van der Waals surface area contributed by atoms with Crippen molar-refractivity contribution in [2.45, 2.75) is 12.5 Å². The molecule has 2 atom stereocenters. The molecule has 1 saturated heterocycles. The second kappa shape index (κ2) is 9.13. The van der Waals surface area contributed by atoms with E-state index in [2.05, 4.69) is 5.32 Å². The summed E-state index contributed by atoms with van der Waals surface area (Å²) in [5.74, 6) is 1.61. The predicted octanol–water partition coefficient (Wildman–Crippen LogP) is 1.33. The second-order valence-electron chi connectivity index (χ2n) is 7.33. The summed E-state index contributed by atoms with van der Waals surface area (Å²) in [5, 5.41) is 12.8. The van der Waals surface area contributed by atoms with Crippen LogP contribution in [0.4, 0.5) is 5.69 Å². The number of amides is 2. The lowest BCUT2D eigenvalue weighted by molar-refractivity contribution is -0.126. The molecular weight excluding hydrogens is 404 g/mol. The van der Waals surface area contributed by atoms with Crippen molar-refractivity contribution in [3.05, 3.63) is 42.5 Å². The van der Waals surface area contributed by atoms with Gasteiger partial charge in [0.25, 0.3) is 0 Å². The lowest BCUT2D eigenvalue weighted by Crippen LogP contribution is -2.39. The molecule has 2 aromatic rings. The Kier molecular flexibility index (Phi) is 6.13. The molecule has 9 heteroatoms. The van der Waals surface area contributed by atoms with Crippen LogP contribution >= 0.6 is 0 Å². The Labute approximate surface area is 179 Å². The SMILES string of the molecule is COc1ccc(N2CC(C(=O)NCC(O)COc3ccc4c(c3)OCO4)CC2=O)cc1. The van der Waals surface area contributed by atoms with Gasteiger partial charge in [-0.3, -0.25) is 9.59 Å². The number of methoxy groups -OCH3 is 1. The fraction of sp³-hybridized carbons (Fsp3) is 0.364. The molecule has 9 nitrogen and oxygen atoms in total. The molecule has 1 fully saturated rings. The zero-order valence-corrected chi connectivity index (χ0v) is 17.1. The first-order valence-corrected chi connectivity index (χ1v) is 9.96. The van der Waals surface area contributed by atoms with Gasteiger partial charge in [0.2, 0.25) is 18.6 Å². The Morgan fingerprint density at radius 3 is 2.71 bits per heavy atom. The highest BCUT2D eigenvalue weighted by Gasteiger charge is 2.35. The van der Waals surface area contributed by atoms with Crippen molar-refractivity contribution in [3.8, 4) is 23.0 Å². The highest BCUT2D eigenvalue weighted by atomic mass is 16.7. The van der Waals surface area contributed by atoms with Gasteiger partial charge in [-0.15, -0.1) is 0 Å². The molecule has 0 bridgehead atoms. The van der Waals surface area contributed by atoms with Crippen LogP contribution in [-0.2, 0) is 9.59 Å². The van der Waals surface area contributed by atoms with Crippen molar-refractivity contribution in [2.75, 3.05) is 38.5 Å². The summed E-state index contributed by atoms with van der Waals surface area (Å²) in [7, 11) is 1.57. The highest BCUT2D eigenvalue weighted by Crippen LogP contribution is 2.35. The number of ether oxygens (including phenoxy) is 4. The molecule has 0 radical (unpaired) electrons. The number of fused-ring (bicyclic) bond motifs is 1. The Morgan fingerprint density at radius 1 is 1.19 bits per heavy atom. The van der Waals surface area contributed by atoms with Crippen LogP contribution in [0.3, 0.4) is 0 Å². The second-order valence-corrected chi connectivity index (χ2v) is 7.33. The monoisotopic (exact) mass is 428 g/mol. The smallest absolute Gasteiger partial charge is 0.231 e. The lowest BCUT2D eigenvalue weighted by atomic mass is 10.1. The third-order valence-electron chi connectivity index (χ3n) is 5.18. The van der Waals surface area contributed by atoms with Gasteiger partial charge < -0.3 is 34.3 Å². The summed E-state index contributed by atoms with van der Waals surface area (Å²) < 4.78 is 21.2. The molecule has 0 aliphatic carbocycles. The molecule has 31 heavy (non-hydrogen) atoms. The third-order valence-corrected chi connectivity index (χ3v) is 5.18. The van der Waals surface area contributed by atoms with E-state index in [4.69, 9.17) is 18.9 Å². The maximum Gasteiger partial charge on any atom is 0.231 e.